The van der Waals surface area contributed by atoms with Crippen LogP contribution in [0.2, 0.25) is 0 Å². The third kappa shape index (κ3) is 2.38. The van der Waals surface area contributed by atoms with E-state index in [-0.39, 0.29) is 17.3 Å². The summed E-state index contributed by atoms with van der Waals surface area (Å²) < 4.78 is 12.0. The summed E-state index contributed by atoms with van der Waals surface area (Å²) in [6, 6.07) is 9.88. The average Bonchev–Trinajstić information content (AvgIpc) is 3.07. The van der Waals surface area contributed by atoms with E-state index in [0.717, 1.165) is 31.2 Å². The number of esters is 1. The smallest absolute Gasteiger partial charge is 0.345 e. The van der Waals surface area contributed by atoms with Gasteiger partial charge in [0.05, 0.1) is 0 Å². The highest BCUT2D eigenvalue weighted by Gasteiger charge is 2.59. The van der Waals surface area contributed by atoms with Crippen molar-refractivity contribution in [3.63, 3.8) is 0 Å². The molecule has 0 bridgehead atoms. The normalized spacial score (nSPS) is 30.6. The molecule has 3 rings (SSSR count). The van der Waals surface area contributed by atoms with Gasteiger partial charge in [0.2, 0.25) is 6.29 Å². The molecule has 2 atom stereocenters. The Morgan fingerprint density at radius 1 is 1.10 bits per heavy atom. The van der Waals surface area contributed by atoms with Gasteiger partial charge in [-0.3, -0.25) is 0 Å². The van der Waals surface area contributed by atoms with Crippen molar-refractivity contribution in [3.8, 4) is 0 Å². The Hall–Kier alpha value is -1.35. The minimum absolute atomic E-state index is 0.208. The highest BCUT2D eigenvalue weighted by molar-refractivity contribution is 5.83. The quantitative estimate of drug-likeness (QED) is 0.771. The van der Waals surface area contributed by atoms with Crippen LogP contribution in [0.25, 0.3) is 0 Å². The molecule has 1 aromatic carbocycles. The number of carbonyl (C=O) groups excluding carboxylic acids is 1. The van der Waals surface area contributed by atoms with E-state index in [1.165, 1.54) is 0 Å². The van der Waals surface area contributed by atoms with Gasteiger partial charge in [0.15, 0.2) is 5.60 Å². The van der Waals surface area contributed by atoms with Gasteiger partial charge in [-0.05, 0) is 18.4 Å². The van der Waals surface area contributed by atoms with Gasteiger partial charge in [0.25, 0.3) is 0 Å². The molecule has 1 heterocycles. The van der Waals surface area contributed by atoms with Crippen molar-refractivity contribution in [1.29, 1.82) is 0 Å². The molecule has 1 aliphatic carbocycles. The molecule has 1 aliphatic heterocycles. The number of hydrogen-bond donors (Lipinski definition) is 0. The Labute approximate surface area is 126 Å². The third-order valence-corrected chi connectivity index (χ3v) is 4.65. The number of benzene rings is 1. The molecule has 21 heavy (non-hydrogen) atoms. The van der Waals surface area contributed by atoms with Crippen LogP contribution in [0.3, 0.4) is 0 Å². The van der Waals surface area contributed by atoms with Crippen LogP contribution in [0.5, 0.6) is 0 Å². The van der Waals surface area contributed by atoms with Crippen molar-refractivity contribution >= 4 is 5.97 Å². The average molecular weight is 288 g/mol. The van der Waals surface area contributed by atoms with Crippen molar-refractivity contribution in [2.75, 3.05) is 0 Å². The Morgan fingerprint density at radius 3 is 2.24 bits per heavy atom. The molecule has 2 aliphatic rings. The minimum Gasteiger partial charge on any atom is -0.433 e. The molecule has 1 saturated carbocycles. The van der Waals surface area contributed by atoms with E-state index in [4.69, 9.17) is 9.47 Å². The van der Waals surface area contributed by atoms with Crippen LogP contribution in [0.4, 0.5) is 0 Å². The zero-order valence-electron chi connectivity index (χ0n) is 13.1. The summed E-state index contributed by atoms with van der Waals surface area (Å²) in [4.78, 5) is 12.8. The van der Waals surface area contributed by atoms with Crippen LogP contribution >= 0.6 is 0 Å². The molecular weight excluding hydrogens is 264 g/mol. The van der Waals surface area contributed by atoms with E-state index >= 15 is 0 Å². The zero-order valence-corrected chi connectivity index (χ0v) is 13.1. The summed E-state index contributed by atoms with van der Waals surface area (Å²) in [5.74, 6) is 0.0141. The lowest BCUT2D eigenvalue weighted by Gasteiger charge is -2.33. The van der Waals surface area contributed by atoms with Gasteiger partial charge >= 0.3 is 5.97 Å². The second-order valence-corrected chi connectivity index (χ2v) is 7.30. The summed E-state index contributed by atoms with van der Waals surface area (Å²) in [6.07, 6.45) is 3.90. The second-order valence-electron chi connectivity index (χ2n) is 7.30. The Morgan fingerprint density at radius 2 is 1.71 bits per heavy atom. The Balaban J connectivity index is 2.03. The lowest BCUT2D eigenvalue weighted by molar-refractivity contribution is -0.162. The van der Waals surface area contributed by atoms with E-state index in [9.17, 15) is 4.79 Å². The predicted molar refractivity (Wildman–Crippen MR) is 80.5 cm³/mol. The minimum atomic E-state index is -0.907. The number of rotatable bonds is 2. The van der Waals surface area contributed by atoms with Crippen LogP contribution in [0, 0.1) is 11.3 Å². The first kappa shape index (κ1) is 14.6. The highest BCUT2D eigenvalue weighted by Crippen LogP contribution is 2.50. The molecule has 3 heteroatoms. The van der Waals surface area contributed by atoms with Gasteiger partial charge in [-0.2, -0.15) is 0 Å². The molecule has 0 spiro atoms. The van der Waals surface area contributed by atoms with E-state index < -0.39 is 11.9 Å². The van der Waals surface area contributed by atoms with Gasteiger partial charge in [0, 0.05) is 11.3 Å². The number of carbonyl (C=O) groups is 1. The van der Waals surface area contributed by atoms with Crippen LogP contribution in [0.15, 0.2) is 30.3 Å². The van der Waals surface area contributed by atoms with Gasteiger partial charge in [-0.25, -0.2) is 4.79 Å². The van der Waals surface area contributed by atoms with E-state index in [2.05, 4.69) is 0 Å². The van der Waals surface area contributed by atoms with Gasteiger partial charge in [-0.15, -0.1) is 0 Å². The summed E-state index contributed by atoms with van der Waals surface area (Å²) in [7, 11) is 0. The first-order valence-electron chi connectivity index (χ1n) is 7.89. The number of cyclic esters (lactones) is 1. The monoisotopic (exact) mass is 288 g/mol. The molecule has 1 saturated heterocycles. The van der Waals surface area contributed by atoms with Crippen molar-refractivity contribution < 1.29 is 14.3 Å². The standard InChI is InChI=1S/C18H24O3/c1-17(2,3)16-20-15(19)18(21-16,14-11-7-8-12-14)13-9-5-4-6-10-13/h4-6,9-10,14,16H,7-8,11-12H2,1-3H3/t16-,18?/m1/s1. The Bertz CT molecular complexity index is 511. The lowest BCUT2D eigenvalue weighted by Crippen LogP contribution is -2.41. The maximum atomic E-state index is 12.8. The summed E-state index contributed by atoms with van der Waals surface area (Å²) >= 11 is 0. The number of ether oxygens (including phenoxy) is 2. The fourth-order valence-corrected chi connectivity index (χ4v) is 3.48. The van der Waals surface area contributed by atoms with Gasteiger partial charge in [0.1, 0.15) is 0 Å². The van der Waals surface area contributed by atoms with Crippen molar-refractivity contribution in [3.05, 3.63) is 35.9 Å². The molecule has 0 amide bonds. The third-order valence-electron chi connectivity index (χ3n) is 4.65. The molecule has 3 nitrogen and oxygen atoms in total. The highest BCUT2D eigenvalue weighted by atomic mass is 16.8. The summed E-state index contributed by atoms with van der Waals surface area (Å²) in [5.41, 5.74) is -0.186. The van der Waals surface area contributed by atoms with Crippen molar-refractivity contribution in [1.82, 2.24) is 0 Å². The lowest BCUT2D eigenvalue weighted by atomic mass is 9.80. The van der Waals surface area contributed by atoms with Crippen LogP contribution in [-0.4, -0.2) is 12.3 Å². The maximum absolute atomic E-state index is 12.8. The van der Waals surface area contributed by atoms with Gasteiger partial charge in [-0.1, -0.05) is 63.9 Å². The van der Waals surface area contributed by atoms with Crippen LogP contribution in [0.1, 0.15) is 52.0 Å². The van der Waals surface area contributed by atoms with Crippen LogP contribution in [-0.2, 0) is 19.9 Å². The van der Waals surface area contributed by atoms with Crippen LogP contribution < -0.4 is 0 Å². The fraction of sp³-hybridized carbons (Fsp3) is 0.611. The molecule has 0 N–H and O–H groups in total. The second kappa shape index (κ2) is 5.13. The number of hydrogen-bond acceptors (Lipinski definition) is 3. The first-order valence-corrected chi connectivity index (χ1v) is 7.89. The van der Waals surface area contributed by atoms with E-state index in [1.807, 2.05) is 51.1 Å². The van der Waals surface area contributed by atoms with E-state index in [0.29, 0.717) is 0 Å². The zero-order chi connectivity index (χ0) is 15.1. The summed E-state index contributed by atoms with van der Waals surface area (Å²) in [6.45, 7) is 6.13. The first-order chi connectivity index (χ1) is 9.94. The maximum Gasteiger partial charge on any atom is 0.345 e. The Kier molecular flexibility index (Phi) is 3.56. The van der Waals surface area contributed by atoms with Crippen molar-refractivity contribution in [2.45, 2.75) is 58.3 Å². The summed E-state index contributed by atoms with van der Waals surface area (Å²) in [5, 5.41) is 0. The molecule has 0 aromatic heterocycles. The topological polar surface area (TPSA) is 35.5 Å². The predicted octanol–water partition coefficient (Wildman–Crippen LogP) is 4.02. The molecular formula is C18H24O3. The molecule has 114 valence electrons. The largest absolute Gasteiger partial charge is 0.433 e. The fourth-order valence-electron chi connectivity index (χ4n) is 3.48. The SMILES string of the molecule is CC(C)(C)[C@@H]1OC(=O)C(c2ccccc2)(C2CCCC2)O1. The van der Waals surface area contributed by atoms with Crippen molar-refractivity contribution in [2.24, 2.45) is 11.3 Å². The molecule has 1 unspecified atom stereocenters. The molecule has 1 aromatic rings. The van der Waals surface area contributed by atoms with E-state index in [1.54, 1.807) is 0 Å². The molecule has 2 fully saturated rings. The molecule has 0 radical (unpaired) electrons. The van der Waals surface area contributed by atoms with Gasteiger partial charge < -0.3 is 9.47 Å².